The van der Waals surface area contributed by atoms with Crippen LogP contribution in [0.25, 0.3) is 22.3 Å². The van der Waals surface area contributed by atoms with Crippen LogP contribution in [0.15, 0.2) is 84.4 Å². The number of rotatable bonds is 5. The second kappa shape index (κ2) is 7.43. The zero-order valence-electron chi connectivity index (χ0n) is 14.3. The van der Waals surface area contributed by atoms with Crippen molar-refractivity contribution in [3.8, 4) is 22.0 Å². The van der Waals surface area contributed by atoms with Gasteiger partial charge in [-0.15, -0.1) is 11.3 Å². The lowest BCUT2D eigenvalue weighted by molar-refractivity contribution is 0.104. The summed E-state index contributed by atoms with van der Waals surface area (Å²) in [6.07, 6.45) is 5.12. The number of aromatic nitrogens is 2. The number of carbonyl (C=O) groups excluding carboxylic acids is 1. The van der Waals surface area contributed by atoms with Crippen molar-refractivity contribution in [2.24, 2.45) is 0 Å². The van der Waals surface area contributed by atoms with E-state index in [1.165, 1.54) is 12.1 Å². The van der Waals surface area contributed by atoms with E-state index >= 15 is 0 Å². The van der Waals surface area contributed by atoms with Gasteiger partial charge in [0, 0.05) is 11.8 Å². The Kier molecular flexibility index (Phi) is 4.68. The third-order valence-corrected chi connectivity index (χ3v) is 4.98. The Hall–Kier alpha value is -3.44. The van der Waals surface area contributed by atoms with Crippen LogP contribution in [0.4, 0.5) is 0 Å². The Bertz CT molecular complexity index is 1100. The van der Waals surface area contributed by atoms with Gasteiger partial charge in [-0.25, -0.2) is 4.68 Å². The fourth-order valence-electron chi connectivity index (χ4n) is 2.76. The van der Waals surface area contributed by atoms with E-state index in [9.17, 15) is 9.90 Å². The number of allylic oxidation sites excluding steroid dienone is 1. The van der Waals surface area contributed by atoms with Gasteiger partial charge in [-0.1, -0.05) is 36.4 Å². The molecular formula is C22H16N2O2S. The van der Waals surface area contributed by atoms with Gasteiger partial charge in [0.1, 0.15) is 11.4 Å². The van der Waals surface area contributed by atoms with Gasteiger partial charge in [0.05, 0.1) is 16.1 Å². The molecule has 2 aromatic heterocycles. The molecule has 0 atom stereocenters. The first kappa shape index (κ1) is 17.0. The fourth-order valence-corrected chi connectivity index (χ4v) is 3.50. The van der Waals surface area contributed by atoms with Crippen LogP contribution in [-0.4, -0.2) is 20.7 Å². The molecule has 0 bridgehead atoms. The lowest BCUT2D eigenvalue weighted by Gasteiger charge is -1.99. The molecule has 132 valence electrons. The second-order valence-electron chi connectivity index (χ2n) is 5.91. The first-order chi connectivity index (χ1) is 13.2. The van der Waals surface area contributed by atoms with Crippen molar-refractivity contribution in [1.29, 1.82) is 0 Å². The van der Waals surface area contributed by atoms with Gasteiger partial charge < -0.3 is 5.11 Å². The van der Waals surface area contributed by atoms with Crippen LogP contribution in [0.5, 0.6) is 5.75 Å². The van der Waals surface area contributed by atoms with Gasteiger partial charge in [-0.2, -0.15) is 5.10 Å². The number of para-hydroxylation sites is 2. The number of ketones is 1. The molecule has 2 heterocycles. The Morgan fingerprint density at radius 1 is 1.00 bits per heavy atom. The summed E-state index contributed by atoms with van der Waals surface area (Å²) >= 11 is 1.60. The number of phenols is 1. The molecule has 0 fully saturated rings. The Morgan fingerprint density at radius 3 is 2.52 bits per heavy atom. The molecule has 1 N–H and O–H groups in total. The maximum atomic E-state index is 12.4. The smallest absolute Gasteiger partial charge is 0.189 e. The van der Waals surface area contributed by atoms with Crippen molar-refractivity contribution in [3.05, 3.63) is 95.5 Å². The molecule has 0 aliphatic rings. The number of hydrogen-bond donors (Lipinski definition) is 1. The van der Waals surface area contributed by atoms with E-state index < -0.39 is 0 Å². The Labute approximate surface area is 160 Å². The molecule has 27 heavy (non-hydrogen) atoms. The van der Waals surface area contributed by atoms with Crippen LogP contribution in [0.2, 0.25) is 0 Å². The molecule has 0 unspecified atom stereocenters. The Balaban J connectivity index is 1.72. The molecule has 4 aromatic rings. The largest absolute Gasteiger partial charge is 0.507 e. The Morgan fingerprint density at radius 2 is 1.78 bits per heavy atom. The van der Waals surface area contributed by atoms with E-state index in [1.54, 1.807) is 40.3 Å². The quantitative estimate of drug-likeness (QED) is 0.387. The van der Waals surface area contributed by atoms with E-state index in [4.69, 9.17) is 5.10 Å². The molecule has 0 aliphatic carbocycles. The zero-order chi connectivity index (χ0) is 18.6. The van der Waals surface area contributed by atoms with Crippen LogP contribution in [0, 0.1) is 0 Å². The minimum atomic E-state index is -0.252. The number of hydrogen-bond acceptors (Lipinski definition) is 4. The van der Waals surface area contributed by atoms with Gasteiger partial charge in [0.2, 0.25) is 0 Å². The van der Waals surface area contributed by atoms with Crippen molar-refractivity contribution < 1.29 is 9.90 Å². The van der Waals surface area contributed by atoms with E-state index in [1.807, 2.05) is 54.0 Å². The predicted molar refractivity (Wildman–Crippen MR) is 108 cm³/mol. The molecule has 0 radical (unpaired) electrons. The van der Waals surface area contributed by atoms with Gasteiger partial charge in [0.25, 0.3) is 0 Å². The molecule has 5 heteroatoms. The average Bonchev–Trinajstić information content (AvgIpc) is 3.37. The lowest BCUT2D eigenvalue weighted by atomic mass is 10.1. The minimum absolute atomic E-state index is 0.0226. The maximum Gasteiger partial charge on any atom is 0.189 e. The number of aromatic hydroxyl groups is 1. The highest BCUT2D eigenvalue weighted by Gasteiger charge is 2.12. The first-order valence-electron chi connectivity index (χ1n) is 8.42. The van der Waals surface area contributed by atoms with Gasteiger partial charge in [-0.3, -0.25) is 4.79 Å². The lowest BCUT2D eigenvalue weighted by Crippen LogP contribution is -1.94. The van der Waals surface area contributed by atoms with Crippen LogP contribution >= 0.6 is 11.3 Å². The van der Waals surface area contributed by atoms with Gasteiger partial charge in [-0.05, 0) is 47.9 Å². The molecule has 4 rings (SSSR count). The number of benzene rings is 2. The monoisotopic (exact) mass is 372 g/mol. The third kappa shape index (κ3) is 3.59. The van der Waals surface area contributed by atoms with E-state index in [-0.39, 0.29) is 17.1 Å². The van der Waals surface area contributed by atoms with E-state index in [2.05, 4.69) is 0 Å². The maximum absolute atomic E-state index is 12.4. The van der Waals surface area contributed by atoms with Crippen molar-refractivity contribution in [3.63, 3.8) is 0 Å². The highest BCUT2D eigenvalue weighted by atomic mass is 32.1. The van der Waals surface area contributed by atoms with Crippen LogP contribution in [0.3, 0.4) is 0 Å². The fraction of sp³-hybridized carbons (Fsp3) is 0. The molecule has 2 aromatic carbocycles. The second-order valence-corrected chi connectivity index (χ2v) is 6.85. The van der Waals surface area contributed by atoms with Crippen molar-refractivity contribution in [2.45, 2.75) is 0 Å². The summed E-state index contributed by atoms with van der Waals surface area (Å²) in [6, 6.07) is 20.3. The van der Waals surface area contributed by atoms with Crippen LogP contribution < -0.4 is 0 Å². The zero-order valence-corrected chi connectivity index (χ0v) is 15.1. The predicted octanol–water partition coefficient (Wildman–Crippen LogP) is 5.20. The highest BCUT2D eigenvalue weighted by Crippen LogP contribution is 2.29. The number of phenolic OH excluding ortho intramolecular Hbond substituents is 1. The van der Waals surface area contributed by atoms with Gasteiger partial charge >= 0.3 is 0 Å². The topological polar surface area (TPSA) is 55.1 Å². The number of thiophene rings is 1. The minimum Gasteiger partial charge on any atom is -0.507 e. The third-order valence-electron chi connectivity index (χ3n) is 4.10. The van der Waals surface area contributed by atoms with Crippen molar-refractivity contribution >= 4 is 23.2 Å². The number of carbonyl (C=O) groups is 1. The first-order valence-corrected chi connectivity index (χ1v) is 9.30. The summed E-state index contributed by atoms with van der Waals surface area (Å²) in [7, 11) is 0. The SMILES string of the molecule is O=C(/C=C/c1cn(-c2ccccc2)nc1-c1cccs1)c1ccccc1O. The van der Waals surface area contributed by atoms with Crippen LogP contribution in [0.1, 0.15) is 15.9 Å². The van der Waals surface area contributed by atoms with Crippen molar-refractivity contribution in [1.82, 2.24) is 9.78 Å². The summed E-state index contributed by atoms with van der Waals surface area (Å²) in [4.78, 5) is 13.5. The summed E-state index contributed by atoms with van der Waals surface area (Å²) in [5.41, 5.74) is 2.88. The molecular weight excluding hydrogens is 356 g/mol. The van der Waals surface area contributed by atoms with Crippen LogP contribution in [-0.2, 0) is 0 Å². The molecule has 0 saturated heterocycles. The summed E-state index contributed by atoms with van der Waals surface area (Å²) in [5, 5.41) is 16.6. The molecule has 0 spiro atoms. The summed E-state index contributed by atoms with van der Waals surface area (Å²) in [5.74, 6) is -0.275. The molecule has 0 amide bonds. The normalized spacial score (nSPS) is 11.1. The highest BCUT2D eigenvalue weighted by molar-refractivity contribution is 7.13. The summed E-state index contributed by atoms with van der Waals surface area (Å²) < 4.78 is 1.80. The standard InChI is InChI=1S/C22H16N2O2S/c25-19-10-5-4-9-18(19)20(26)13-12-16-15-24(17-7-2-1-3-8-17)23-22(16)21-11-6-14-27-21/h1-15,25H/b13-12+. The molecule has 0 saturated carbocycles. The number of nitrogens with zero attached hydrogens (tertiary/aromatic N) is 2. The average molecular weight is 372 g/mol. The van der Waals surface area contributed by atoms with E-state index in [0.29, 0.717) is 0 Å². The molecule has 0 aliphatic heterocycles. The summed E-state index contributed by atoms with van der Waals surface area (Å²) in [6.45, 7) is 0. The van der Waals surface area contributed by atoms with Crippen molar-refractivity contribution in [2.75, 3.05) is 0 Å². The van der Waals surface area contributed by atoms with E-state index in [0.717, 1.165) is 21.8 Å². The molecule has 4 nitrogen and oxygen atoms in total. The van der Waals surface area contributed by atoms with Gasteiger partial charge in [0.15, 0.2) is 5.78 Å².